The molecule has 1 unspecified atom stereocenters. The lowest BCUT2D eigenvalue weighted by atomic mass is 10.0. The molecule has 88 valence electrons. The van der Waals surface area contributed by atoms with Crippen LogP contribution in [-0.2, 0) is 0 Å². The lowest BCUT2D eigenvalue weighted by Crippen LogP contribution is -2.16. The molecule has 16 heavy (non-hydrogen) atoms. The first-order valence-corrected chi connectivity index (χ1v) is 6.48. The molecule has 1 nitrogen and oxygen atoms in total. The number of halogens is 2. The van der Waals surface area contributed by atoms with Crippen LogP contribution in [0.2, 0.25) is 5.02 Å². The van der Waals surface area contributed by atoms with Crippen LogP contribution in [0, 0.1) is 0 Å². The molecule has 0 saturated carbocycles. The first kappa shape index (κ1) is 13.8. The van der Waals surface area contributed by atoms with E-state index in [0.29, 0.717) is 6.04 Å². The number of hydrogen-bond donors (Lipinski definition) is 1. The molecule has 0 fully saturated rings. The highest BCUT2D eigenvalue weighted by Crippen LogP contribution is 2.29. The van der Waals surface area contributed by atoms with Gasteiger partial charge in [0, 0.05) is 15.5 Å². The van der Waals surface area contributed by atoms with Gasteiger partial charge >= 0.3 is 0 Å². The molecule has 3 heteroatoms. The lowest BCUT2D eigenvalue weighted by Gasteiger charge is -2.18. The summed E-state index contributed by atoms with van der Waals surface area (Å²) in [5.41, 5.74) is 2.41. The second kappa shape index (κ2) is 6.43. The smallest absolute Gasteiger partial charge is 0.0410 e. The molecule has 1 atom stereocenters. The maximum Gasteiger partial charge on any atom is 0.0410 e. The Hall–Kier alpha value is -0.310. The molecule has 0 aliphatic carbocycles. The first-order valence-electron chi connectivity index (χ1n) is 5.31. The highest BCUT2D eigenvalue weighted by molar-refractivity contribution is 9.10. The van der Waals surface area contributed by atoms with E-state index in [9.17, 15) is 0 Å². The predicted octanol–water partition coefficient (Wildman–Crippen LogP) is 4.72. The molecule has 0 aliphatic heterocycles. The SMILES string of the molecule is C=C(C)CCC(NC)c1cc(Cl)ccc1Br. The number of hydrogen-bond acceptors (Lipinski definition) is 1. The topological polar surface area (TPSA) is 12.0 Å². The van der Waals surface area contributed by atoms with Gasteiger partial charge < -0.3 is 5.32 Å². The summed E-state index contributed by atoms with van der Waals surface area (Å²) in [6.45, 7) is 5.98. The van der Waals surface area contributed by atoms with Crippen molar-refractivity contribution in [3.63, 3.8) is 0 Å². The zero-order valence-corrected chi connectivity index (χ0v) is 12.0. The van der Waals surface area contributed by atoms with Gasteiger partial charge in [-0.1, -0.05) is 33.1 Å². The molecular formula is C13H17BrClN. The van der Waals surface area contributed by atoms with Crippen LogP contribution in [0.4, 0.5) is 0 Å². The molecule has 0 amide bonds. The summed E-state index contributed by atoms with van der Waals surface area (Å²) in [5.74, 6) is 0. The van der Waals surface area contributed by atoms with Crippen LogP contribution < -0.4 is 5.32 Å². The summed E-state index contributed by atoms with van der Waals surface area (Å²) in [6.07, 6.45) is 2.05. The van der Waals surface area contributed by atoms with Gasteiger partial charge in [0.25, 0.3) is 0 Å². The van der Waals surface area contributed by atoms with Crippen LogP contribution in [0.1, 0.15) is 31.4 Å². The minimum Gasteiger partial charge on any atom is -0.313 e. The van der Waals surface area contributed by atoms with Gasteiger partial charge in [-0.15, -0.1) is 6.58 Å². The Morgan fingerprint density at radius 1 is 1.56 bits per heavy atom. The average Bonchev–Trinajstić information content (AvgIpc) is 2.23. The lowest BCUT2D eigenvalue weighted by molar-refractivity contribution is 0.546. The zero-order chi connectivity index (χ0) is 12.1. The van der Waals surface area contributed by atoms with Crippen LogP contribution >= 0.6 is 27.5 Å². The predicted molar refractivity (Wildman–Crippen MR) is 75.0 cm³/mol. The largest absolute Gasteiger partial charge is 0.313 e. The molecule has 0 bridgehead atoms. The van der Waals surface area contributed by atoms with Gasteiger partial charge in [-0.2, -0.15) is 0 Å². The fourth-order valence-electron chi connectivity index (χ4n) is 1.63. The highest BCUT2D eigenvalue weighted by atomic mass is 79.9. The van der Waals surface area contributed by atoms with Crippen molar-refractivity contribution in [2.45, 2.75) is 25.8 Å². The van der Waals surface area contributed by atoms with E-state index in [1.54, 1.807) is 0 Å². The molecule has 0 aliphatic rings. The van der Waals surface area contributed by atoms with Crippen molar-refractivity contribution in [3.05, 3.63) is 45.4 Å². The Balaban J connectivity index is 2.85. The van der Waals surface area contributed by atoms with Crippen LogP contribution in [0.25, 0.3) is 0 Å². The van der Waals surface area contributed by atoms with Gasteiger partial charge in [0.1, 0.15) is 0 Å². The maximum absolute atomic E-state index is 6.01. The van der Waals surface area contributed by atoms with Gasteiger partial charge in [0.15, 0.2) is 0 Å². The van der Waals surface area contributed by atoms with Gasteiger partial charge in [-0.25, -0.2) is 0 Å². The summed E-state index contributed by atoms with van der Waals surface area (Å²) in [4.78, 5) is 0. The minimum absolute atomic E-state index is 0.310. The monoisotopic (exact) mass is 301 g/mol. The van der Waals surface area contributed by atoms with Crippen LogP contribution in [0.15, 0.2) is 34.8 Å². The molecule has 0 aromatic heterocycles. The molecular weight excluding hydrogens is 286 g/mol. The summed E-state index contributed by atoms with van der Waals surface area (Å²) in [7, 11) is 1.97. The third-order valence-electron chi connectivity index (χ3n) is 2.54. The third-order valence-corrected chi connectivity index (χ3v) is 3.50. The standard InChI is InChI=1S/C13H17BrClN/c1-9(2)4-7-13(16-3)11-8-10(15)5-6-12(11)14/h5-6,8,13,16H,1,4,7H2,2-3H3. The van der Waals surface area contributed by atoms with Crippen molar-refractivity contribution in [1.29, 1.82) is 0 Å². The van der Waals surface area contributed by atoms with Crippen LogP contribution in [0.5, 0.6) is 0 Å². The Morgan fingerprint density at radius 3 is 2.81 bits per heavy atom. The maximum atomic E-state index is 6.01. The van der Waals surface area contributed by atoms with E-state index in [0.717, 1.165) is 22.3 Å². The molecule has 1 N–H and O–H groups in total. The summed E-state index contributed by atoms with van der Waals surface area (Å²) >= 11 is 9.57. The molecule has 1 aromatic rings. The molecule has 0 saturated heterocycles. The molecule has 1 rings (SSSR count). The van der Waals surface area contributed by atoms with Crippen molar-refractivity contribution >= 4 is 27.5 Å². The first-order chi connectivity index (χ1) is 7.54. The minimum atomic E-state index is 0.310. The zero-order valence-electron chi connectivity index (χ0n) is 9.69. The fraction of sp³-hybridized carbons (Fsp3) is 0.385. The normalized spacial score (nSPS) is 12.5. The second-order valence-corrected chi connectivity index (χ2v) is 5.29. The molecule has 0 spiro atoms. The van der Waals surface area contributed by atoms with E-state index in [1.165, 1.54) is 11.1 Å². The van der Waals surface area contributed by atoms with E-state index in [1.807, 2.05) is 25.2 Å². The van der Waals surface area contributed by atoms with Gasteiger partial charge in [-0.05, 0) is 50.6 Å². The van der Waals surface area contributed by atoms with Crippen molar-refractivity contribution < 1.29 is 0 Å². The Morgan fingerprint density at radius 2 is 2.25 bits per heavy atom. The Labute approximate surface area is 111 Å². The van der Waals surface area contributed by atoms with Gasteiger partial charge in [0.05, 0.1) is 0 Å². The molecule has 0 radical (unpaired) electrons. The summed E-state index contributed by atoms with van der Waals surface area (Å²) < 4.78 is 1.10. The summed E-state index contributed by atoms with van der Waals surface area (Å²) in [6, 6.07) is 6.19. The van der Waals surface area contributed by atoms with E-state index in [4.69, 9.17) is 11.6 Å². The van der Waals surface area contributed by atoms with E-state index < -0.39 is 0 Å². The molecule has 1 aromatic carbocycles. The van der Waals surface area contributed by atoms with Gasteiger partial charge in [0.2, 0.25) is 0 Å². The van der Waals surface area contributed by atoms with Crippen LogP contribution in [-0.4, -0.2) is 7.05 Å². The number of benzene rings is 1. The van der Waals surface area contributed by atoms with E-state index in [-0.39, 0.29) is 0 Å². The number of rotatable bonds is 5. The van der Waals surface area contributed by atoms with Crippen molar-refractivity contribution in [3.8, 4) is 0 Å². The van der Waals surface area contributed by atoms with Crippen LogP contribution in [0.3, 0.4) is 0 Å². The van der Waals surface area contributed by atoms with Crippen molar-refractivity contribution in [2.24, 2.45) is 0 Å². The molecule has 0 heterocycles. The van der Waals surface area contributed by atoms with E-state index >= 15 is 0 Å². The summed E-state index contributed by atoms with van der Waals surface area (Å²) in [5, 5.41) is 4.08. The van der Waals surface area contributed by atoms with Gasteiger partial charge in [-0.3, -0.25) is 0 Å². The second-order valence-electron chi connectivity index (χ2n) is 4.00. The van der Waals surface area contributed by atoms with E-state index in [2.05, 4.69) is 34.7 Å². The highest BCUT2D eigenvalue weighted by Gasteiger charge is 2.12. The van der Waals surface area contributed by atoms with Crippen molar-refractivity contribution in [1.82, 2.24) is 5.32 Å². The van der Waals surface area contributed by atoms with Crippen molar-refractivity contribution in [2.75, 3.05) is 7.05 Å². The number of allylic oxidation sites excluding steroid dienone is 1. The third kappa shape index (κ3) is 3.93. The number of nitrogens with one attached hydrogen (secondary N) is 1. The Bertz CT molecular complexity index is 376. The average molecular weight is 303 g/mol. The Kier molecular flexibility index (Phi) is 5.53. The quantitative estimate of drug-likeness (QED) is 0.776. The fourth-order valence-corrected chi connectivity index (χ4v) is 2.33.